The SMILES string of the molecule is Nc1ccc2ncn(CCO)c2c1. The third-order valence-electron chi connectivity index (χ3n) is 1.99. The number of fused-ring (bicyclic) bond motifs is 1. The Morgan fingerprint density at radius 2 is 2.31 bits per heavy atom. The molecular formula is C9H11N3O. The van der Waals surface area contributed by atoms with Crippen molar-refractivity contribution < 1.29 is 5.11 Å². The number of nitrogens with zero attached hydrogens (tertiary/aromatic N) is 2. The second-order valence-electron chi connectivity index (χ2n) is 2.91. The number of imidazole rings is 1. The van der Waals surface area contributed by atoms with Crippen LogP contribution in [0.15, 0.2) is 24.5 Å². The first-order chi connectivity index (χ1) is 6.31. The van der Waals surface area contributed by atoms with Crippen LogP contribution in [0, 0.1) is 0 Å². The summed E-state index contributed by atoms with van der Waals surface area (Å²) in [6.45, 7) is 0.667. The standard InChI is InChI=1S/C9H11N3O/c10-7-1-2-8-9(5-7)12(3-4-13)6-11-8/h1-2,5-6,13H,3-4,10H2. The third kappa shape index (κ3) is 1.36. The molecule has 0 aliphatic rings. The Labute approximate surface area is 75.6 Å². The highest BCUT2D eigenvalue weighted by Gasteiger charge is 2.01. The van der Waals surface area contributed by atoms with Crippen LogP contribution >= 0.6 is 0 Å². The van der Waals surface area contributed by atoms with E-state index in [1.165, 1.54) is 0 Å². The van der Waals surface area contributed by atoms with Crippen molar-refractivity contribution in [1.82, 2.24) is 9.55 Å². The number of nitrogen functional groups attached to an aromatic ring is 1. The summed E-state index contributed by atoms with van der Waals surface area (Å²) in [7, 11) is 0. The minimum atomic E-state index is 0.111. The first-order valence-corrected chi connectivity index (χ1v) is 4.12. The van der Waals surface area contributed by atoms with Gasteiger partial charge in [0.2, 0.25) is 0 Å². The second-order valence-corrected chi connectivity index (χ2v) is 2.91. The lowest BCUT2D eigenvalue weighted by molar-refractivity contribution is 0.278. The summed E-state index contributed by atoms with van der Waals surface area (Å²) in [4.78, 5) is 4.17. The summed E-state index contributed by atoms with van der Waals surface area (Å²) in [5.74, 6) is 0. The fraction of sp³-hybridized carbons (Fsp3) is 0.222. The lowest BCUT2D eigenvalue weighted by atomic mass is 10.3. The van der Waals surface area contributed by atoms with Gasteiger partial charge in [-0.1, -0.05) is 0 Å². The molecule has 1 heterocycles. The Morgan fingerprint density at radius 3 is 3.08 bits per heavy atom. The van der Waals surface area contributed by atoms with Crippen molar-refractivity contribution in [2.75, 3.05) is 12.3 Å². The Morgan fingerprint density at radius 1 is 1.46 bits per heavy atom. The van der Waals surface area contributed by atoms with Crippen LogP contribution < -0.4 is 5.73 Å². The van der Waals surface area contributed by atoms with Crippen LogP contribution in [0.2, 0.25) is 0 Å². The van der Waals surface area contributed by atoms with E-state index in [2.05, 4.69) is 4.98 Å². The van der Waals surface area contributed by atoms with Crippen LogP contribution in [-0.2, 0) is 6.54 Å². The van der Waals surface area contributed by atoms with Gasteiger partial charge in [0.25, 0.3) is 0 Å². The van der Waals surface area contributed by atoms with E-state index >= 15 is 0 Å². The van der Waals surface area contributed by atoms with Crippen LogP contribution in [-0.4, -0.2) is 21.3 Å². The summed E-state index contributed by atoms with van der Waals surface area (Å²) in [5.41, 5.74) is 8.23. The van der Waals surface area contributed by atoms with Crippen LogP contribution in [0.25, 0.3) is 11.0 Å². The predicted molar refractivity (Wildman–Crippen MR) is 51.2 cm³/mol. The molecule has 0 unspecified atom stereocenters. The number of nitrogens with two attached hydrogens (primary N) is 1. The van der Waals surface area contributed by atoms with Gasteiger partial charge in [0, 0.05) is 12.2 Å². The van der Waals surface area contributed by atoms with E-state index in [1.54, 1.807) is 6.33 Å². The largest absolute Gasteiger partial charge is 0.399 e. The van der Waals surface area contributed by atoms with Crippen LogP contribution in [0.4, 0.5) is 5.69 Å². The Hall–Kier alpha value is -1.55. The molecule has 4 heteroatoms. The van der Waals surface area contributed by atoms with Crippen LogP contribution in [0.3, 0.4) is 0 Å². The van der Waals surface area contributed by atoms with Gasteiger partial charge in [-0.25, -0.2) is 4.98 Å². The van der Waals surface area contributed by atoms with E-state index in [9.17, 15) is 0 Å². The van der Waals surface area contributed by atoms with Gasteiger partial charge < -0.3 is 15.4 Å². The van der Waals surface area contributed by atoms with Gasteiger partial charge in [0.05, 0.1) is 24.0 Å². The van der Waals surface area contributed by atoms with E-state index < -0.39 is 0 Å². The maximum absolute atomic E-state index is 8.79. The smallest absolute Gasteiger partial charge is 0.0959 e. The molecule has 3 N–H and O–H groups in total. The number of aliphatic hydroxyl groups excluding tert-OH is 1. The molecule has 13 heavy (non-hydrogen) atoms. The zero-order valence-corrected chi connectivity index (χ0v) is 7.14. The van der Waals surface area contributed by atoms with Crippen molar-refractivity contribution in [3.05, 3.63) is 24.5 Å². The lowest BCUT2D eigenvalue weighted by Crippen LogP contribution is -2.00. The van der Waals surface area contributed by atoms with Crippen molar-refractivity contribution in [3.8, 4) is 0 Å². The molecule has 0 bridgehead atoms. The highest BCUT2D eigenvalue weighted by molar-refractivity contribution is 5.78. The average molecular weight is 177 g/mol. The fourth-order valence-electron chi connectivity index (χ4n) is 1.36. The molecule has 0 spiro atoms. The summed E-state index contributed by atoms with van der Waals surface area (Å²) in [6.07, 6.45) is 1.71. The van der Waals surface area contributed by atoms with Crippen molar-refractivity contribution in [2.45, 2.75) is 6.54 Å². The molecule has 0 saturated heterocycles. The Balaban J connectivity index is 2.58. The number of aromatic nitrogens is 2. The van der Waals surface area contributed by atoms with Crippen molar-refractivity contribution >= 4 is 16.7 Å². The molecule has 0 aliphatic heterocycles. The number of hydrogen-bond donors (Lipinski definition) is 2. The monoisotopic (exact) mass is 177 g/mol. The lowest BCUT2D eigenvalue weighted by Gasteiger charge is -2.00. The fourth-order valence-corrected chi connectivity index (χ4v) is 1.36. The molecule has 0 saturated carbocycles. The molecule has 68 valence electrons. The first-order valence-electron chi connectivity index (χ1n) is 4.12. The van der Waals surface area contributed by atoms with Gasteiger partial charge in [0.15, 0.2) is 0 Å². The normalized spacial score (nSPS) is 10.8. The molecular weight excluding hydrogens is 166 g/mol. The maximum Gasteiger partial charge on any atom is 0.0959 e. The van der Waals surface area contributed by atoms with E-state index in [-0.39, 0.29) is 6.61 Å². The summed E-state index contributed by atoms with van der Waals surface area (Å²) < 4.78 is 1.88. The van der Waals surface area contributed by atoms with Crippen molar-refractivity contribution in [2.24, 2.45) is 0 Å². The van der Waals surface area contributed by atoms with E-state index in [1.807, 2.05) is 22.8 Å². The van der Waals surface area contributed by atoms with Gasteiger partial charge >= 0.3 is 0 Å². The molecule has 4 nitrogen and oxygen atoms in total. The summed E-state index contributed by atoms with van der Waals surface area (Å²) in [5, 5.41) is 8.79. The molecule has 0 fully saturated rings. The zero-order chi connectivity index (χ0) is 9.26. The molecule has 0 atom stereocenters. The van der Waals surface area contributed by atoms with E-state index in [0.29, 0.717) is 12.2 Å². The van der Waals surface area contributed by atoms with Crippen molar-refractivity contribution in [1.29, 1.82) is 0 Å². The highest BCUT2D eigenvalue weighted by atomic mass is 16.3. The number of anilines is 1. The van der Waals surface area contributed by atoms with Gasteiger partial charge in [-0.15, -0.1) is 0 Å². The average Bonchev–Trinajstić information content (AvgIpc) is 2.49. The topological polar surface area (TPSA) is 64.1 Å². The van der Waals surface area contributed by atoms with Gasteiger partial charge in [0.1, 0.15) is 0 Å². The van der Waals surface area contributed by atoms with Gasteiger partial charge in [-0.3, -0.25) is 0 Å². The van der Waals surface area contributed by atoms with E-state index in [4.69, 9.17) is 10.8 Å². The minimum absolute atomic E-state index is 0.111. The van der Waals surface area contributed by atoms with Crippen LogP contribution in [0.1, 0.15) is 0 Å². The van der Waals surface area contributed by atoms with Crippen molar-refractivity contribution in [3.63, 3.8) is 0 Å². The zero-order valence-electron chi connectivity index (χ0n) is 7.14. The Kier molecular flexibility index (Phi) is 1.90. The van der Waals surface area contributed by atoms with Gasteiger partial charge in [-0.2, -0.15) is 0 Å². The van der Waals surface area contributed by atoms with E-state index in [0.717, 1.165) is 11.0 Å². The Bertz CT molecular complexity index is 422. The van der Waals surface area contributed by atoms with Gasteiger partial charge in [-0.05, 0) is 18.2 Å². The maximum atomic E-state index is 8.79. The quantitative estimate of drug-likeness (QED) is 0.660. The number of benzene rings is 1. The first kappa shape index (κ1) is 8.07. The molecule has 1 aromatic carbocycles. The second kappa shape index (κ2) is 3.06. The number of rotatable bonds is 2. The predicted octanol–water partition coefficient (Wildman–Crippen LogP) is 0.611. The minimum Gasteiger partial charge on any atom is -0.399 e. The molecule has 2 rings (SSSR count). The number of hydrogen-bond acceptors (Lipinski definition) is 3. The molecule has 2 aromatic rings. The summed E-state index contributed by atoms with van der Waals surface area (Å²) >= 11 is 0. The molecule has 0 aliphatic carbocycles. The highest BCUT2D eigenvalue weighted by Crippen LogP contribution is 2.15. The molecule has 1 aromatic heterocycles. The number of aliphatic hydroxyl groups is 1. The van der Waals surface area contributed by atoms with Crippen LogP contribution in [0.5, 0.6) is 0 Å². The third-order valence-corrected chi connectivity index (χ3v) is 1.99. The summed E-state index contributed by atoms with van der Waals surface area (Å²) in [6, 6.07) is 5.55. The molecule has 0 amide bonds. The molecule has 0 radical (unpaired) electrons.